The van der Waals surface area contributed by atoms with Crippen molar-refractivity contribution in [1.82, 2.24) is 4.90 Å². The fraction of sp³-hybridized carbons (Fsp3) is 0.786. The normalized spacial score (nSPS) is 19.8. The molecule has 108 valence electrons. The number of esters is 1. The molecule has 0 spiro atoms. The van der Waals surface area contributed by atoms with Gasteiger partial charge in [-0.15, -0.1) is 0 Å². The van der Waals surface area contributed by atoms with E-state index in [1.165, 1.54) is 4.90 Å². The third kappa shape index (κ3) is 4.04. The monoisotopic (exact) mass is 269 g/mol. The summed E-state index contributed by atoms with van der Waals surface area (Å²) in [6, 6.07) is 0. The van der Waals surface area contributed by atoms with Crippen molar-refractivity contribution in [3.8, 4) is 0 Å². The number of β-lactam (4-membered cyclic amide) rings is 1. The first-order valence-corrected chi connectivity index (χ1v) is 7.01. The van der Waals surface area contributed by atoms with Gasteiger partial charge in [0.2, 0.25) is 11.8 Å². The maximum atomic E-state index is 11.9. The second-order valence-electron chi connectivity index (χ2n) is 5.11. The number of hydrogen-bond donors (Lipinski definition) is 0. The SMILES string of the molecule is CCCC(=O)OC[C@H](C)[C@H]1CN(C(=O)CCC)C1=O. The number of carbonyl (C=O) groups excluding carboxylic acids is 3. The van der Waals surface area contributed by atoms with E-state index in [4.69, 9.17) is 4.74 Å². The molecule has 5 nitrogen and oxygen atoms in total. The third-order valence-electron chi connectivity index (χ3n) is 3.38. The summed E-state index contributed by atoms with van der Waals surface area (Å²) in [5.41, 5.74) is 0. The van der Waals surface area contributed by atoms with E-state index < -0.39 is 0 Å². The molecule has 0 aliphatic carbocycles. The van der Waals surface area contributed by atoms with Crippen LogP contribution in [0.2, 0.25) is 0 Å². The molecule has 1 heterocycles. The number of hydrogen-bond acceptors (Lipinski definition) is 4. The van der Waals surface area contributed by atoms with Crippen molar-refractivity contribution >= 4 is 17.8 Å². The van der Waals surface area contributed by atoms with Crippen LogP contribution in [0.3, 0.4) is 0 Å². The highest BCUT2D eigenvalue weighted by molar-refractivity contribution is 6.01. The van der Waals surface area contributed by atoms with Crippen molar-refractivity contribution in [2.45, 2.75) is 46.5 Å². The van der Waals surface area contributed by atoms with Crippen molar-refractivity contribution in [1.29, 1.82) is 0 Å². The zero-order valence-electron chi connectivity index (χ0n) is 12.0. The summed E-state index contributed by atoms with van der Waals surface area (Å²) in [4.78, 5) is 36.0. The molecule has 2 amide bonds. The fourth-order valence-corrected chi connectivity index (χ4v) is 2.07. The van der Waals surface area contributed by atoms with Gasteiger partial charge in [0, 0.05) is 25.3 Å². The van der Waals surface area contributed by atoms with E-state index in [0.717, 1.165) is 12.8 Å². The van der Waals surface area contributed by atoms with Gasteiger partial charge in [0.1, 0.15) is 0 Å². The van der Waals surface area contributed by atoms with E-state index in [1.807, 2.05) is 20.8 Å². The molecule has 1 rings (SSSR count). The number of rotatable bonds is 7. The summed E-state index contributed by atoms with van der Waals surface area (Å²) in [7, 11) is 0. The van der Waals surface area contributed by atoms with E-state index in [1.54, 1.807) is 0 Å². The summed E-state index contributed by atoms with van der Waals surface area (Å²) >= 11 is 0. The number of carbonyl (C=O) groups is 3. The molecule has 0 saturated carbocycles. The molecule has 1 aliphatic heterocycles. The predicted octanol–water partition coefficient (Wildman–Crippen LogP) is 1.75. The van der Waals surface area contributed by atoms with Crippen LogP contribution in [0.25, 0.3) is 0 Å². The molecule has 0 N–H and O–H groups in total. The van der Waals surface area contributed by atoms with E-state index in [0.29, 0.717) is 19.4 Å². The van der Waals surface area contributed by atoms with Crippen LogP contribution in [0.5, 0.6) is 0 Å². The molecular formula is C14H23NO4. The van der Waals surface area contributed by atoms with Gasteiger partial charge in [-0.1, -0.05) is 20.8 Å². The van der Waals surface area contributed by atoms with Crippen molar-refractivity contribution in [2.24, 2.45) is 11.8 Å². The lowest BCUT2D eigenvalue weighted by Gasteiger charge is -2.39. The molecule has 1 aliphatic rings. The van der Waals surface area contributed by atoms with Crippen molar-refractivity contribution in [2.75, 3.05) is 13.2 Å². The zero-order chi connectivity index (χ0) is 14.4. The van der Waals surface area contributed by atoms with E-state index in [9.17, 15) is 14.4 Å². The summed E-state index contributed by atoms with van der Waals surface area (Å²) in [5, 5.41) is 0. The Morgan fingerprint density at radius 2 is 1.95 bits per heavy atom. The van der Waals surface area contributed by atoms with Gasteiger partial charge in [-0.25, -0.2) is 0 Å². The number of likely N-dealkylation sites (tertiary alicyclic amines) is 1. The molecule has 0 aromatic rings. The highest BCUT2D eigenvalue weighted by Crippen LogP contribution is 2.26. The molecule has 0 radical (unpaired) electrons. The molecule has 0 bridgehead atoms. The number of imide groups is 1. The minimum atomic E-state index is -0.222. The Balaban J connectivity index is 2.33. The second kappa shape index (κ2) is 7.26. The highest BCUT2D eigenvalue weighted by Gasteiger charge is 2.43. The van der Waals surface area contributed by atoms with Gasteiger partial charge in [0.25, 0.3) is 0 Å². The minimum absolute atomic E-state index is 0.0287. The lowest BCUT2D eigenvalue weighted by molar-refractivity contribution is -0.164. The molecule has 5 heteroatoms. The topological polar surface area (TPSA) is 63.7 Å². The predicted molar refractivity (Wildman–Crippen MR) is 70.1 cm³/mol. The molecule has 0 unspecified atom stereocenters. The molecule has 0 aromatic heterocycles. The Hall–Kier alpha value is -1.39. The van der Waals surface area contributed by atoms with Crippen LogP contribution in [0.15, 0.2) is 0 Å². The van der Waals surface area contributed by atoms with Crippen LogP contribution in [0.1, 0.15) is 46.5 Å². The van der Waals surface area contributed by atoms with Gasteiger partial charge in [-0.3, -0.25) is 19.3 Å². The Kier molecular flexibility index (Phi) is 5.99. The average Bonchev–Trinajstić information content (AvgIpc) is 2.35. The first-order chi connectivity index (χ1) is 9.01. The summed E-state index contributed by atoms with van der Waals surface area (Å²) < 4.78 is 5.10. The Labute approximate surface area is 114 Å². The van der Waals surface area contributed by atoms with E-state index in [-0.39, 0.29) is 36.2 Å². The Morgan fingerprint density at radius 1 is 1.32 bits per heavy atom. The first-order valence-electron chi connectivity index (χ1n) is 7.01. The van der Waals surface area contributed by atoms with Crippen molar-refractivity contribution in [3.63, 3.8) is 0 Å². The van der Waals surface area contributed by atoms with Crippen LogP contribution in [0.4, 0.5) is 0 Å². The molecule has 0 aromatic carbocycles. The lowest BCUT2D eigenvalue weighted by atomic mass is 9.86. The smallest absolute Gasteiger partial charge is 0.305 e. The van der Waals surface area contributed by atoms with Gasteiger partial charge in [0.15, 0.2) is 0 Å². The van der Waals surface area contributed by atoms with Gasteiger partial charge < -0.3 is 4.74 Å². The summed E-state index contributed by atoms with van der Waals surface area (Å²) in [6.07, 6.45) is 2.33. The average molecular weight is 269 g/mol. The fourth-order valence-electron chi connectivity index (χ4n) is 2.07. The second-order valence-corrected chi connectivity index (χ2v) is 5.11. The van der Waals surface area contributed by atoms with Crippen LogP contribution in [-0.4, -0.2) is 35.8 Å². The van der Waals surface area contributed by atoms with Gasteiger partial charge in [-0.05, 0) is 12.8 Å². The number of amides is 2. The third-order valence-corrected chi connectivity index (χ3v) is 3.38. The quantitative estimate of drug-likeness (QED) is 0.522. The highest BCUT2D eigenvalue weighted by atomic mass is 16.5. The number of ether oxygens (including phenoxy) is 1. The Bertz CT molecular complexity index is 353. The zero-order valence-corrected chi connectivity index (χ0v) is 12.0. The lowest BCUT2D eigenvalue weighted by Crippen LogP contribution is -2.57. The van der Waals surface area contributed by atoms with Crippen LogP contribution in [-0.2, 0) is 19.1 Å². The molecular weight excluding hydrogens is 246 g/mol. The molecule has 1 fully saturated rings. The van der Waals surface area contributed by atoms with Gasteiger partial charge >= 0.3 is 5.97 Å². The minimum Gasteiger partial charge on any atom is -0.465 e. The maximum absolute atomic E-state index is 11.9. The molecule has 2 atom stereocenters. The first kappa shape index (κ1) is 15.7. The summed E-state index contributed by atoms with van der Waals surface area (Å²) in [6.45, 7) is 6.42. The summed E-state index contributed by atoms with van der Waals surface area (Å²) in [5.74, 6) is -0.661. The maximum Gasteiger partial charge on any atom is 0.305 e. The van der Waals surface area contributed by atoms with Crippen molar-refractivity contribution in [3.05, 3.63) is 0 Å². The van der Waals surface area contributed by atoms with Crippen LogP contribution in [0, 0.1) is 11.8 Å². The Morgan fingerprint density at radius 3 is 2.47 bits per heavy atom. The van der Waals surface area contributed by atoms with E-state index >= 15 is 0 Å². The molecule has 1 saturated heterocycles. The standard InChI is InChI=1S/C14H23NO4/c1-4-6-12(16)15-8-11(14(15)18)10(3)9-19-13(17)7-5-2/h10-11H,4-9H2,1-3H3/t10-,11+/m0/s1. The number of nitrogens with zero attached hydrogens (tertiary/aromatic N) is 1. The van der Waals surface area contributed by atoms with Crippen LogP contribution >= 0.6 is 0 Å². The van der Waals surface area contributed by atoms with Gasteiger partial charge in [0.05, 0.1) is 12.5 Å². The van der Waals surface area contributed by atoms with Crippen molar-refractivity contribution < 1.29 is 19.1 Å². The van der Waals surface area contributed by atoms with Crippen LogP contribution < -0.4 is 0 Å². The van der Waals surface area contributed by atoms with Gasteiger partial charge in [-0.2, -0.15) is 0 Å². The van der Waals surface area contributed by atoms with E-state index in [2.05, 4.69) is 0 Å². The molecule has 19 heavy (non-hydrogen) atoms. The largest absolute Gasteiger partial charge is 0.465 e.